The number of nitro benzene ring substituents is 1. The molecule has 10 nitrogen and oxygen atoms in total. The predicted octanol–water partition coefficient (Wildman–Crippen LogP) is 4.90. The summed E-state index contributed by atoms with van der Waals surface area (Å²) in [6, 6.07) is 17.3. The number of anilines is 3. The fourth-order valence-corrected chi connectivity index (χ4v) is 2.96. The largest absolute Gasteiger partial charge is 0.493 e. The third-order valence-corrected chi connectivity index (χ3v) is 4.46. The fourth-order valence-electron chi connectivity index (χ4n) is 2.96. The molecule has 3 rings (SSSR count). The van der Waals surface area contributed by atoms with Crippen LogP contribution in [0.1, 0.15) is 17.3 Å². The molecule has 170 valence electrons. The van der Waals surface area contributed by atoms with Gasteiger partial charge < -0.3 is 25.4 Å². The molecule has 0 aliphatic rings. The average Bonchev–Trinajstić information content (AvgIpc) is 2.80. The smallest absolute Gasteiger partial charge is 0.323 e. The van der Waals surface area contributed by atoms with E-state index < -0.39 is 22.5 Å². The number of rotatable bonds is 8. The molecule has 0 aromatic heterocycles. The minimum atomic E-state index is -0.687. The molecule has 0 fully saturated rings. The highest BCUT2D eigenvalue weighted by atomic mass is 16.6. The Labute approximate surface area is 189 Å². The Balaban J connectivity index is 1.72. The molecule has 0 aliphatic carbocycles. The first-order valence-corrected chi connectivity index (χ1v) is 9.95. The SMILES string of the molecule is CCOc1cc(C(=O)Nc2ccc(NC(=O)Nc3ccccc3)cc2)c([N+](=O)[O-])cc1OC. The quantitative estimate of drug-likeness (QED) is 0.330. The lowest BCUT2D eigenvalue weighted by atomic mass is 10.1. The molecule has 3 N–H and O–H groups in total. The molecular formula is C23H22N4O6. The summed E-state index contributed by atoms with van der Waals surface area (Å²) < 4.78 is 10.5. The minimum absolute atomic E-state index is 0.157. The van der Waals surface area contributed by atoms with Crippen molar-refractivity contribution in [1.82, 2.24) is 0 Å². The number of ether oxygens (including phenoxy) is 2. The van der Waals surface area contributed by atoms with Crippen LogP contribution in [-0.2, 0) is 0 Å². The van der Waals surface area contributed by atoms with Gasteiger partial charge in [0.2, 0.25) is 0 Å². The lowest BCUT2D eigenvalue weighted by Crippen LogP contribution is -2.19. The molecule has 3 aromatic carbocycles. The summed E-state index contributed by atoms with van der Waals surface area (Å²) >= 11 is 0. The highest BCUT2D eigenvalue weighted by Gasteiger charge is 2.25. The number of nitrogens with one attached hydrogen (secondary N) is 3. The van der Waals surface area contributed by atoms with E-state index in [9.17, 15) is 19.7 Å². The summed E-state index contributed by atoms with van der Waals surface area (Å²) in [6.45, 7) is 2.04. The molecule has 0 atom stereocenters. The molecule has 0 saturated carbocycles. The van der Waals surface area contributed by atoms with Crippen molar-refractivity contribution in [3.63, 3.8) is 0 Å². The maximum Gasteiger partial charge on any atom is 0.323 e. The number of amides is 3. The molecule has 0 bridgehead atoms. The molecule has 3 amide bonds. The molecule has 0 heterocycles. The van der Waals surface area contributed by atoms with E-state index in [1.807, 2.05) is 6.07 Å². The van der Waals surface area contributed by atoms with E-state index in [2.05, 4.69) is 16.0 Å². The predicted molar refractivity (Wildman–Crippen MR) is 124 cm³/mol. The van der Waals surface area contributed by atoms with E-state index in [-0.39, 0.29) is 17.1 Å². The number of methoxy groups -OCH3 is 1. The zero-order chi connectivity index (χ0) is 23.8. The minimum Gasteiger partial charge on any atom is -0.493 e. The van der Waals surface area contributed by atoms with Crippen LogP contribution in [0.25, 0.3) is 0 Å². The highest BCUT2D eigenvalue weighted by Crippen LogP contribution is 2.35. The summed E-state index contributed by atoms with van der Waals surface area (Å²) in [5.74, 6) is -0.308. The Kier molecular flexibility index (Phi) is 7.43. The average molecular weight is 450 g/mol. The third kappa shape index (κ3) is 5.97. The first-order chi connectivity index (χ1) is 15.9. The Morgan fingerprint density at radius 2 is 1.45 bits per heavy atom. The standard InChI is InChI=1S/C23H22N4O6/c1-3-33-21-13-18(19(27(30)31)14-20(21)32-2)22(28)24-16-9-11-17(12-10-16)26-23(29)25-15-7-5-4-6-8-15/h4-14H,3H2,1-2H3,(H,24,28)(H2,25,26,29). The van der Waals surface area contributed by atoms with Crippen LogP contribution in [0.15, 0.2) is 66.7 Å². The van der Waals surface area contributed by atoms with Crippen molar-refractivity contribution >= 4 is 34.7 Å². The fraction of sp³-hybridized carbons (Fsp3) is 0.130. The highest BCUT2D eigenvalue weighted by molar-refractivity contribution is 6.07. The van der Waals surface area contributed by atoms with Crippen molar-refractivity contribution in [2.24, 2.45) is 0 Å². The van der Waals surface area contributed by atoms with Crippen molar-refractivity contribution < 1.29 is 24.0 Å². The van der Waals surface area contributed by atoms with E-state index in [4.69, 9.17) is 9.47 Å². The number of carbonyl (C=O) groups is 2. The monoisotopic (exact) mass is 450 g/mol. The molecule has 0 saturated heterocycles. The van der Waals surface area contributed by atoms with Crippen molar-refractivity contribution in [2.45, 2.75) is 6.92 Å². The van der Waals surface area contributed by atoms with Crippen molar-refractivity contribution in [3.8, 4) is 11.5 Å². The van der Waals surface area contributed by atoms with Crippen LogP contribution in [0.4, 0.5) is 27.5 Å². The molecule has 0 aliphatic heterocycles. The summed E-state index contributed by atoms with van der Waals surface area (Å²) in [4.78, 5) is 35.7. The number of urea groups is 1. The van der Waals surface area contributed by atoms with Crippen LogP contribution >= 0.6 is 0 Å². The summed E-state index contributed by atoms with van der Waals surface area (Å²) in [7, 11) is 1.36. The zero-order valence-electron chi connectivity index (χ0n) is 18.0. The Bertz CT molecular complexity index is 1150. The van der Waals surface area contributed by atoms with Gasteiger partial charge in [0.15, 0.2) is 11.5 Å². The van der Waals surface area contributed by atoms with Crippen molar-refractivity contribution in [1.29, 1.82) is 0 Å². The zero-order valence-corrected chi connectivity index (χ0v) is 18.0. The van der Waals surface area contributed by atoms with Gasteiger partial charge in [-0.3, -0.25) is 14.9 Å². The first kappa shape index (κ1) is 23.1. The van der Waals surface area contributed by atoms with E-state index in [0.717, 1.165) is 6.07 Å². The third-order valence-electron chi connectivity index (χ3n) is 4.46. The maximum absolute atomic E-state index is 12.8. The summed E-state index contributed by atoms with van der Waals surface area (Å²) in [5.41, 5.74) is 0.941. The Morgan fingerprint density at radius 1 is 0.879 bits per heavy atom. The van der Waals surface area contributed by atoms with Crippen LogP contribution < -0.4 is 25.4 Å². The number of carbonyl (C=O) groups excluding carboxylic acids is 2. The number of hydrogen-bond acceptors (Lipinski definition) is 6. The molecule has 0 unspecified atom stereocenters. The summed E-state index contributed by atoms with van der Waals surface area (Å²) in [6.07, 6.45) is 0. The molecule has 10 heteroatoms. The second-order valence-electron chi connectivity index (χ2n) is 6.69. The van der Waals surface area contributed by atoms with Crippen molar-refractivity contribution in [2.75, 3.05) is 29.7 Å². The molecule has 0 spiro atoms. The number of hydrogen-bond donors (Lipinski definition) is 3. The van der Waals surface area contributed by atoms with Gasteiger partial charge in [0, 0.05) is 23.1 Å². The summed E-state index contributed by atoms with van der Waals surface area (Å²) in [5, 5.41) is 19.5. The van der Waals surface area contributed by atoms with Crippen LogP contribution in [-0.4, -0.2) is 30.6 Å². The number of nitro groups is 1. The van der Waals surface area contributed by atoms with Gasteiger partial charge in [-0.2, -0.15) is 0 Å². The Hall–Kier alpha value is -4.60. The van der Waals surface area contributed by atoms with Crippen LogP contribution in [0.2, 0.25) is 0 Å². The first-order valence-electron chi connectivity index (χ1n) is 9.95. The number of benzene rings is 3. The van der Waals surface area contributed by atoms with Gasteiger partial charge in [-0.15, -0.1) is 0 Å². The second kappa shape index (κ2) is 10.6. The van der Waals surface area contributed by atoms with Gasteiger partial charge in [0.05, 0.1) is 24.7 Å². The molecule has 33 heavy (non-hydrogen) atoms. The molecule has 0 radical (unpaired) electrons. The topological polar surface area (TPSA) is 132 Å². The van der Waals surface area contributed by atoms with Crippen LogP contribution in [0, 0.1) is 10.1 Å². The normalized spacial score (nSPS) is 10.1. The molecular weight excluding hydrogens is 428 g/mol. The number of nitrogens with zero attached hydrogens (tertiary/aromatic N) is 1. The van der Waals surface area contributed by atoms with Gasteiger partial charge in [0.25, 0.3) is 11.6 Å². The van der Waals surface area contributed by atoms with Gasteiger partial charge in [-0.1, -0.05) is 18.2 Å². The van der Waals surface area contributed by atoms with Gasteiger partial charge >= 0.3 is 6.03 Å². The second-order valence-corrected chi connectivity index (χ2v) is 6.69. The van der Waals surface area contributed by atoms with E-state index >= 15 is 0 Å². The number of para-hydroxylation sites is 1. The lowest BCUT2D eigenvalue weighted by Gasteiger charge is -2.12. The Morgan fingerprint density at radius 3 is 2.00 bits per heavy atom. The van der Waals surface area contributed by atoms with Crippen molar-refractivity contribution in [3.05, 3.63) is 82.4 Å². The maximum atomic E-state index is 12.8. The van der Waals surface area contributed by atoms with Crippen LogP contribution in [0.5, 0.6) is 11.5 Å². The van der Waals surface area contributed by atoms with E-state index in [1.165, 1.54) is 13.2 Å². The van der Waals surface area contributed by atoms with Gasteiger partial charge in [-0.05, 0) is 43.3 Å². The van der Waals surface area contributed by atoms with E-state index in [0.29, 0.717) is 23.7 Å². The molecule has 3 aromatic rings. The van der Waals surface area contributed by atoms with Crippen LogP contribution in [0.3, 0.4) is 0 Å². The van der Waals surface area contributed by atoms with E-state index in [1.54, 1.807) is 55.5 Å². The van der Waals surface area contributed by atoms with Gasteiger partial charge in [0.1, 0.15) is 5.56 Å². The van der Waals surface area contributed by atoms with Gasteiger partial charge in [-0.25, -0.2) is 4.79 Å². The lowest BCUT2D eigenvalue weighted by molar-refractivity contribution is -0.385.